The predicted molar refractivity (Wildman–Crippen MR) is 69.3 cm³/mol. The van der Waals surface area contributed by atoms with Crippen molar-refractivity contribution in [1.82, 2.24) is 0 Å². The van der Waals surface area contributed by atoms with Crippen LogP contribution in [0.15, 0.2) is 11.6 Å². The normalized spacial score (nSPS) is 26.7. The maximum Gasteiger partial charge on any atom is 0.136 e. The van der Waals surface area contributed by atoms with E-state index in [1.807, 2.05) is 0 Å². The number of carbonyl (C=O) groups is 1. The van der Waals surface area contributed by atoms with E-state index in [-0.39, 0.29) is 5.92 Å². The number of hydrogen-bond acceptors (Lipinski definition) is 1. The molecular weight excluding hydrogens is 196 g/mol. The third-order valence-corrected chi connectivity index (χ3v) is 3.80. The molecule has 0 aromatic rings. The molecule has 0 bridgehead atoms. The number of Topliss-reactive ketones (excluding diaryl/α,β-unsaturated/α-hetero) is 1. The van der Waals surface area contributed by atoms with Crippen molar-refractivity contribution in [2.75, 3.05) is 0 Å². The first-order chi connectivity index (χ1) is 7.30. The van der Waals surface area contributed by atoms with Gasteiger partial charge in [-0.05, 0) is 44.4 Å². The summed E-state index contributed by atoms with van der Waals surface area (Å²) in [5.74, 6) is 1.48. The highest BCUT2D eigenvalue weighted by atomic mass is 16.1. The first-order valence-corrected chi connectivity index (χ1v) is 6.46. The lowest BCUT2D eigenvalue weighted by molar-refractivity contribution is -0.126. The maximum atomic E-state index is 11.9. The molecule has 92 valence electrons. The van der Waals surface area contributed by atoms with E-state index in [0.29, 0.717) is 17.1 Å². The summed E-state index contributed by atoms with van der Waals surface area (Å²) in [5.41, 5.74) is 1.68. The minimum Gasteiger partial charge on any atom is -0.299 e. The van der Waals surface area contributed by atoms with Gasteiger partial charge in [0.25, 0.3) is 0 Å². The van der Waals surface area contributed by atoms with Crippen LogP contribution < -0.4 is 0 Å². The van der Waals surface area contributed by atoms with E-state index in [9.17, 15) is 4.79 Å². The molecule has 16 heavy (non-hydrogen) atoms. The molecule has 0 aromatic heterocycles. The minimum absolute atomic E-state index is 0.285. The summed E-state index contributed by atoms with van der Waals surface area (Å²) < 4.78 is 0. The molecule has 0 spiro atoms. The SMILES string of the molecule is CC(C)=CCC1CC(C(C)(C)C)CCC1=O. The number of rotatable bonds is 2. The van der Waals surface area contributed by atoms with E-state index in [2.05, 4.69) is 40.7 Å². The fourth-order valence-corrected chi connectivity index (χ4v) is 2.51. The Morgan fingerprint density at radius 2 is 2.00 bits per heavy atom. The van der Waals surface area contributed by atoms with Crippen LogP contribution in [0.2, 0.25) is 0 Å². The van der Waals surface area contributed by atoms with Crippen molar-refractivity contribution in [1.29, 1.82) is 0 Å². The summed E-state index contributed by atoms with van der Waals surface area (Å²) in [5, 5.41) is 0. The average molecular weight is 222 g/mol. The van der Waals surface area contributed by atoms with Crippen LogP contribution in [0.4, 0.5) is 0 Å². The third kappa shape index (κ3) is 3.77. The van der Waals surface area contributed by atoms with Crippen LogP contribution in [0.25, 0.3) is 0 Å². The molecule has 0 heterocycles. The van der Waals surface area contributed by atoms with Crippen molar-refractivity contribution in [2.45, 2.75) is 60.3 Å². The van der Waals surface area contributed by atoms with Gasteiger partial charge in [-0.25, -0.2) is 0 Å². The zero-order valence-electron chi connectivity index (χ0n) is 11.5. The van der Waals surface area contributed by atoms with E-state index in [4.69, 9.17) is 0 Å². The molecule has 1 aliphatic carbocycles. The van der Waals surface area contributed by atoms with Crippen LogP contribution in [0.1, 0.15) is 60.3 Å². The topological polar surface area (TPSA) is 17.1 Å². The van der Waals surface area contributed by atoms with Crippen LogP contribution in [-0.4, -0.2) is 5.78 Å². The van der Waals surface area contributed by atoms with E-state index in [0.717, 1.165) is 25.7 Å². The van der Waals surface area contributed by atoms with E-state index < -0.39 is 0 Å². The van der Waals surface area contributed by atoms with Crippen LogP contribution in [0.3, 0.4) is 0 Å². The highest BCUT2D eigenvalue weighted by molar-refractivity contribution is 5.81. The molecular formula is C15H26O. The van der Waals surface area contributed by atoms with Gasteiger partial charge in [0.2, 0.25) is 0 Å². The second-order valence-electron chi connectivity index (χ2n) is 6.52. The van der Waals surface area contributed by atoms with Gasteiger partial charge in [-0.2, -0.15) is 0 Å². The number of ketones is 1. The second kappa shape index (κ2) is 5.16. The zero-order chi connectivity index (χ0) is 12.3. The smallest absolute Gasteiger partial charge is 0.136 e. The van der Waals surface area contributed by atoms with Crippen LogP contribution >= 0.6 is 0 Å². The lowest BCUT2D eigenvalue weighted by Crippen LogP contribution is -2.31. The van der Waals surface area contributed by atoms with E-state index >= 15 is 0 Å². The molecule has 2 unspecified atom stereocenters. The van der Waals surface area contributed by atoms with Gasteiger partial charge in [0.05, 0.1) is 0 Å². The largest absolute Gasteiger partial charge is 0.299 e. The van der Waals surface area contributed by atoms with Gasteiger partial charge >= 0.3 is 0 Å². The highest BCUT2D eigenvalue weighted by Crippen LogP contribution is 2.39. The Balaban J connectivity index is 2.62. The zero-order valence-corrected chi connectivity index (χ0v) is 11.5. The molecule has 0 N–H and O–H groups in total. The van der Waals surface area contributed by atoms with Gasteiger partial charge in [-0.1, -0.05) is 32.4 Å². The van der Waals surface area contributed by atoms with Gasteiger partial charge < -0.3 is 0 Å². The van der Waals surface area contributed by atoms with Crippen LogP contribution in [0.5, 0.6) is 0 Å². The number of carbonyl (C=O) groups excluding carboxylic acids is 1. The first kappa shape index (κ1) is 13.5. The van der Waals surface area contributed by atoms with Gasteiger partial charge in [0, 0.05) is 12.3 Å². The molecule has 0 saturated heterocycles. The van der Waals surface area contributed by atoms with E-state index in [1.165, 1.54) is 5.57 Å². The molecule has 1 rings (SSSR count). The van der Waals surface area contributed by atoms with Gasteiger partial charge in [-0.15, -0.1) is 0 Å². The monoisotopic (exact) mass is 222 g/mol. The molecule has 1 heteroatoms. The Morgan fingerprint density at radius 3 is 2.50 bits per heavy atom. The van der Waals surface area contributed by atoms with Crippen molar-refractivity contribution in [3.8, 4) is 0 Å². The van der Waals surface area contributed by atoms with Crippen molar-refractivity contribution < 1.29 is 4.79 Å². The molecule has 1 saturated carbocycles. The lowest BCUT2D eigenvalue weighted by Gasteiger charge is -2.36. The van der Waals surface area contributed by atoms with Crippen molar-refractivity contribution in [2.24, 2.45) is 17.3 Å². The van der Waals surface area contributed by atoms with Crippen LogP contribution in [-0.2, 0) is 4.79 Å². The molecule has 1 nitrogen and oxygen atoms in total. The fraction of sp³-hybridized carbons (Fsp3) is 0.800. The molecule has 0 aromatic carbocycles. The minimum atomic E-state index is 0.285. The quantitative estimate of drug-likeness (QED) is 0.634. The average Bonchev–Trinajstić information content (AvgIpc) is 2.14. The third-order valence-electron chi connectivity index (χ3n) is 3.80. The summed E-state index contributed by atoms with van der Waals surface area (Å²) in [6.07, 6.45) is 6.14. The van der Waals surface area contributed by atoms with Crippen LogP contribution in [0, 0.1) is 17.3 Å². The number of allylic oxidation sites excluding steroid dienone is 2. The molecule has 1 fully saturated rings. The Labute approximate surface area is 100 Å². The fourth-order valence-electron chi connectivity index (χ4n) is 2.51. The number of hydrogen-bond donors (Lipinski definition) is 0. The molecule has 0 amide bonds. The Morgan fingerprint density at radius 1 is 1.38 bits per heavy atom. The maximum absolute atomic E-state index is 11.9. The first-order valence-electron chi connectivity index (χ1n) is 6.46. The lowest BCUT2D eigenvalue weighted by atomic mass is 9.68. The summed E-state index contributed by atoms with van der Waals surface area (Å²) in [6, 6.07) is 0. The van der Waals surface area contributed by atoms with Crippen molar-refractivity contribution >= 4 is 5.78 Å². The van der Waals surface area contributed by atoms with Gasteiger partial charge in [0.1, 0.15) is 5.78 Å². The summed E-state index contributed by atoms with van der Waals surface area (Å²) in [6.45, 7) is 11.1. The highest BCUT2D eigenvalue weighted by Gasteiger charge is 2.34. The van der Waals surface area contributed by atoms with Gasteiger partial charge in [0.15, 0.2) is 0 Å². The Hall–Kier alpha value is -0.590. The van der Waals surface area contributed by atoms with Gasteiger partial charge in [-0.3, -0.25) is 4.79 Å². The molecule has 0 aliphatic heterocycles. The summed E-state index contributed by atoms with van der Waals surface area (Å²) >= 11 is 0. The Bertz CT molecular complexity index is 276. The summed E-state index contributed by atoms with van der Waals surface area (Å²) in [7, 11) is 0. The predicted octanol–water partition coefficient (Wildman–Crippen LogP) is 4.37. The molecule has 2 atom stereocenters. The van der Waals surface area contributed by atoms with E-state index in [1.54, 1.807) is 0 Å². The second-order valence-corrected chi connectivity index (χ2v) is 6.52. The molecule has 1 aliphatic rings. The summed E-state index contributed by atoms with van der Waals surface area (Å²) in [4.78, 5) is 11.9. The van der Waals surface area contributed by atoms with Crippen molar-refractivity contribution in [3.63, 3.8) is 0 Å². The van der Waals surface area contributed by atoms with Crippen molar-refractivity contribution in [3.05, 3.63) is 11.6 Å². The standard InChI is InChI=1S/C15H26O/c1-11(2)6-7-12-10-13(15(3,4)5)8-9-14(12)16/h6,12-13H,7-10H2,1-5H3. The molecule has 0 radical (unpaired) electrons. The Kier molecular flexibility index (Phi) is 4.35.